The smallest absolute Gasteiger partial charge is 0.160 e. The second-order valence-corrected chi connectivity index (χ2v) is 3.19. The Balaban J connectivity index is 0. The van der Waals surface area contributed by atoms with Crippen LogP contribution in [0.25, 0.3) is 0 Å². The summed E-state index contributed by atoms with van der Waals surface area (Å²) < 4.78 is 0. The molecule has 0 aliphatic rings. The van der Waals surface area contributed by atoms with Crippen LogP contribution in [-0.2, 0) is 0 Å². The number of nitrogens with two attached hydrogens (primary N) is 2. The number of thioether (sulfide) groups is 1. The van der Waals surface area contributed by atoms with E-state index >= 15 is 0 Å². The molecule has 0 aliphatic carbocycles. The monoisotopic (exact) mass is 182 g/mol. The van der Waals surface area contributed by atoms with Crippen LogP contribution in [-0.4, -0.2) is 28.3 Å². The number of thiocarbonyl (C=S) groups is 1. The molecule has 3 nitrogen and oxygen atoms in total. The number of aliphatic hydroxyl groups is 1. The summed E-state index contributed by atoms with van der Waals surface area (Å²) in [5, 5.41) is 8.18. The maximum Gasteiger partial charge on any atom is 0.160 e. The number of hydrogen-bond acceptors (Lipinski definition) is 3. The average Bonchev–Trinajstić information content (AvgIpc) is 1.82. The van der Waals surface area contributed by atoms with Crippen molar-refractivity contribution in [3.8, 4) is 0 Å². The molecule has 0 unspecified atom stereocenters. The van der Waals surface area contributed by atoms with Gasteiger partial charge in [-0.1, -0.05) is 6.92 Å². The standard InChI is InChI=1S/C4H10OS.CH4N2S/c1-2-6-4-3-5;2-1(3)4/h5H,2-4H2,1H3;(H4,2,3,4). The third-order valence-corrected chi connectivity index (χ3v) is 1.32. The van der Waals surface area contributed by atoms with E-state index in [1.807, 2.05) is 0 Å². The molecule has 0 rings (SSSR count). The molecule has 0 fully saturated rings. The molecular weight excluding hydrogens is 168 g/mol. The average molecular weight is 182 g/mol. The van der Waals surface area contributed by atoms with E-state index in [0.717, 1.165) is 11.5 Å². The summed E-state index contributed by atoms with van der Waals surface area (Å²) in [6.07, 6.45) is 0. The maximum absolute atomic E-state index is 8.18. The van der Waals surface area contributed by atoms with Crippen molar-refractivity contribution < 1.29 is 5.11 Å². The molecule has 0 aliphatic heterocycles. The fraction of sp³-hybridized carbons (Fsp3) is 0.800. The van der Waals surface area contributed by atoms with Crippen molar-refractivity contribution in [2.75, 3.05) is 18.1 Å². The quantitative estimate of drug-likeness (QED) is 0.420. The topological polar surface area (TPSA) is 72.3 Å². The third-order valence-electron chi connectivity index (χ3n) is 0.440. The largest absolute Gasteiger partial charge is 0.396 e. The Morgan fingerprint density at radius 1 is 1.60 bits per heavy atom. The van der Waals surface area contributed by atoms with Crippen molar-refractivity contribution in [3.05, 3.63) is 0 Å². The molecule has 0 aromatic heterocycles. The Kier molecular flexibility index (Phi) is 14.9. The zero-order valence-corrected chi connectivity index (χ0v) is 7.67. The fourth-order valence-corrected chi connectivity index (χ4v) is 0.627. The summed E-state index contributed by atoms with van der Waals surface area (Å²) in [6.45, 7) is 2.40. The van der Waals surface area contributed by atoms with Gasteiger partial charge in [0, 0.05) is 5.75 Å². The van der Waals surface area contributed by atoms with Gasteiger partial charge in [0.2, 0.25) is 0 Å². The molecule has 0 bridgehead atoms. The van der Waals surface area contributed by atoms with E-state index in [9.17, 15) is 0 Å². The molecule has 5 N–H and O–H groups in total. The lowest BCUT2D eigenvalue weighted by Gasteiger charge is -1.86. The molecule has 0 amide bonds. The van der Waals surface area contributed by atoms with Crippen LogP contribution in [0.4, 0.5) is 0 Å². The van der Waals surface area contributed by atoms with E-state index in [1.165, 1.54) is 0 Å². The lowest BCUT2D eigenvalue weighted by molar-refractivity contribution is 0.322. The van der Waals surface area contributed by atoms with Gasteiger partial charge in [0.05, 0.1) is 6.61 Å². The zero-order valence-electron chi connectivity index (χ0n) is 6.04. The van der Waals surface area contributed by atoms with Gasteiger partial charge in [-0.15, -0.1) is 0 Å². The van der Waals surface area contributed by atoms with Crippen LogP contribution in [0.5, 0.6) is 0 Å². The highest BCUT2D eigenvalue weighted by Crippen LogP contribution is 1.93. The fourth-order valence-electron chi connectivity index (χ4n) is 0.209. The molecule has 5 heteroatoms. The first-order valence-electron chi connectivity index (χ1n) is 2.88. The Bertz CT molecular complexity index is 72.0. The van der Waals surface area contributed by atoms with Crippen LogP contribution in [0.15, 0.2) is 0 Å². The maximum atomic E-state index is 8.18. The van der Waals surface area contributed by atoms with Crippen molar-refractivity contribution in [2.45, 2.75) is 6.92 Å². The van der Waals surface area contributed by atoms with Gasteiger partial charge in [-0.2, -0.15) is 11.8 Å². The molecule has 62 valence electrons. The normalized spacial score (nSPS) is 7.80. The molecule has 0 saturated carbocycles. The van der Waals surface area contributed by atoms with Crippen molar-refractivity contribution in [3.63, 3.8) is 0 Å². The first kappa shape index (κ1) is 12.7. The Hall–Kier alpha value is -0.0000000000000000278. The molecule has 0 radical (unpaired) electrons. The van der Waals surface area contributed by atoms with Crippen LogP contribution in [0.2, 0.25) is 0 Å². The SMILES string of the molecule is CCSCCO.NC(N)=S. The molecule has 0 saturated heterocycles. The summed E-state index contributed by atoms with van der Waals surface area (Å²) in [4.78, 5) is 0. The van der Waals surface area contributed by atoms with Gasteiger partial charge >= 0.3 is 0 Å². The summed E-state index contributed by atoms with van der Waals surface area (Å²) in [5.41, 5.74) is 9.24. The van der Waals surface area contributed by atoms with Crippen LogP contribution < -0.4 is 11.5 Å². The highest BCUT2D eigenvalue weighted by molar-refractivity contribution is 7.99. The number of hydrogen-bond donors (Lipinski definition) is 3. The minimum absolute atomic E-state index is 0.000000000000000222. The van der Waals surface area contributed by atoms with Gasteiger partial charge in [0.15, 0.2) is 5.11 Å². The van der Waals surface area contributed by atoms with Crippen molar-refractivity contribution >= 4 is 29.1 Å². The van der Waals surface area contributed by atoms with Gasteiger partial charge in [-0.3, -0.25) is 0 Å². The van der Waals surface area contributed by atoms with Crippen LogP contribution >= 0.6 is 24.0 Å². The summed E-state index contributed by atoms with van der Waals surface area (Å²) in [6, 6.07) is 0. The van der Waals surface area contributed by atoms with Gasteiger partial charge in [0.1, 0.15) is 0 Å². The molecule has 10 heavy (non-hydrogen) atoms. The predicted molar refractivity (Wildman–Crippen MR) is 51.1 cm³/mol. The number of aliphatic hydroxyl groups excluding tert-OH is 1. The van der Waals surface area contributed by atoms with E-state index in [1.54, 1.807) is 11.8 Å². The van der Waals surface area contributed by atoms with Crippen molar-refractivity contribution in [1.82, 2.24) is 0 Å². The molecular formula is C5H14N2OS2. The van der Waals surface area contributed by atoms with Crippen LogP contribution in [0.1, 0.15) is 6.92 Å². The minimum atomic E-state index is 0.000000000000000222. The van der Waals surface area contributed by atoms with Gasteiger partial charge < -0.3 is 16.6 Å². The number of rotatable bonds is 3. The molecule has 0 atom stereocenters. The molecule has 0 aromatic carbocycles. The second-order valence-electron chi connectivity index (χ2n) is 1.32. The van der Waals surface area contributed by atoms with E-state index in [0.29, 0.717) is 6.61 Å². The lowest BCUT2D eigenvalue weighted by Crippen LogP contribution is -2.18. The van der Waals surface area contributed by atoms with E-state index in [2.05, 4.69) is 30.6 Å². The van der Waals surface area contributed by atoms with Gasteiger partial charge in [-0.25, -0.2) is 0 Å². The first-order valence-corrected chi connectivity index (χ1v) is 4.45. The molecule has 0 heterocycles. The zero-order chi connectivity index (χ0) is 8.41. The molecule has 0 aromatic rings. The van der Waals surface area contributed by atoms with Crippen molar-refractivity contribution in [2.24, 2.45) is 11.5 Å². The Morgan fingerprint density at radius 3 is 2.10 bits per heavy atom. The third kappa shape index (κ3) is 43.6. The van der Waals surface area contributed by atoms with E-state index < -0.39 is 0 Å². The Morgan fingerprint density at radius 2 is 2.00 bits per heavy atom. The Labute approximate surface area is 71.2 Å². The summed E-state index contributed by atoms with van der Waals surface area (Å²) in [5.74, 6) is 2.00. The summed E-state index contributed by atoms with van der Waals surface area (Å²) in [7, 11) is 0. The molecule has 0 spiro atoms. The lowest BCUT2D eigenvalue weighted by atomic mass is 10.9. The highest BCUT2D eigenvalue weighted by Gasteiger charge is 1.75. The predicted octanol–water partition coefficient (Wildman–Crippen LogP) is -0.0795. The van der Waals surface area contributed by atoms with E-state index in [-0.39, 0.29) is 5.11 Å². The minimum Gasteiger partial charge on any atom is -0.396 e. The highest BCUT2D eigenvalue weighted by atomic mass is 32.2. The first-order chi connectivity index (χ1) is 4.65. The second kappa shape index (κ2) is 11.8. The van der Waals surface area contributed by atoms with Crippen LogP contribution in [0.3, 0.4) is 0 Å². The van der Waals surface area contributed by atoms with Gasteiger partial charge in [0.25, 0.3) is 0 Å². The van der Waals surface area contributed by atoms with E-state index in [4.69, 9.17) is 5.11 Å². The summed E-state index contributed by atoms with van der Waals surface area (Å²) >= 11 is 5.85. The van der Waals surface area contributed by atoms with Crippen molar-refractivity contribution in [1.29, 1.82) is 0 Å². The van der Waals surface area contributed by atoms with Crippen LogP contribution in [0, 0.1) is 0 Å². The van der Waals surface area contributed by atoms with Gasteiger partial charge in [-0.05, 0) is 18.0 Å².